The van der Waals surface area contributed by atoms with Crippen molar-refractivity contribution in [3.63, 3.8) is 0 Å². The lowest BCUT2D eigenvalue weighted by Crippen LogP contribution is -2.05. The summed E-state index contributed by atoms with van der Waals surface area (Å²) in [5.74, 6) is 0.284. The topological polar surface area (TPSA) is 87.2 Å². The molecule has 0 radical (unpaired) electrons. The zero-order valence-electron chi connectivity index (χ0n) is 14.3. The molecule has 25 heavy (non-hydrogen) atoms. The summed E-state index contributed by atoms with van der Waals surface area (Å²) >= 11 is 1.31. The molecule has 0 atom stereocenters. The Morgan fingerprint density at radius 1 is 1.28 bits per heavy atom. The third kappa shape index (κ3) is 2.47. The predicted octanol–water partition coefficient (Wildman–Crippen LogP) is 2.30. The van der Waals surface area contributed by atoms with Gasteiger partial charge in [-0.15, -0.1) is 16.4 Å². The molecule has 0 N–H and O–H groups in total. The van der Waals surface area contributed by atoms with Gasteiger partial charge < -0.3 is 4.74 Å². The van der Waals surface area contributed by atoms with Crippen LogP contribution < -0.4 is 0 Å². The van der Waals surface area contributed by atoms with Crippen molar-refractivity contribution in [2.75, 3.05) is 7.11 Å². The van der Waals surface area contributed by atoms with Crippen LogP contribution in [-0.4, -0.2) is 42.4 Å². The standard InChI is InChI=1S/C16H16N6O2S/c1-8-5-9(2)21(19-8)6-11-18-14-12-10(3)13(16(23)24-4)25-15(12)17-7-22(14)20-11/h5,7H,6H2,1-4H3. The SMILES string of the molecule is COC(=O)c1sc2ncn3nc(Cn4nc(C)cc4C)nc3c2c1C. The molecule has 8 nitrogen and oxygen atoms in total. The van der Waals surface area contributed by atoms with Crippen LogP contribution in [0.4, 0.5) is 0 Å². The highest BCUT2D eigenvalue weighted by Crippen LogP contribution is 2.32. The molecule has 4 rings (SSSR count). The minimum absolute atomic E-state index is 0.360. The first kappa shape index (κ1) is 15.7. The second-order valence-corrected chi connectivity index (χ2v) is 6.85. The highest BCUT2D eigenvalue weighted by molar-refractivity contribution is 7.20. The molecule has 128 valence electrons. The molecule has 0 aliphatic heterocycles. The van der Waals surface area contributed by atoms with E-state index < -0.39 is 0 Å². The first-order valence-electron chi connectivity index (χ1n) is 7.70. The van der Waals surface area contributed by atoms with Gasteiger partial charge in [-0.1, -0.05) is 0 Å². The van der Waals surface area contributed by atoms with Gasteiger partial charge in [-0.05, 0) is 32.4 Å². The van der Waals surface area contributed by atoms with E-state index in [0.717, 1.165) is 27.2 Å². The minimum atomic E-state index is -0.360. The number of carbonyl (C=O) groups is 1. The van der Waals surface area contributed by atoms with Crippen LogP contribution in [0.1, 0.15) is 32.4 Å². The van der Waals surface area contributed by atoms with Crippen molar-refractivity contribution < 1.29 is 9.53 Å². The molecule has 0 saturated heterocycles. The molecule has 9 heteroatoms. The molecule has 0 amide bonds. The van der Waals surface area contributed by atoms with Gasteiger partial charge in [0.2, 0.25) is 0 Å². The van der Waals surface area contributed by atoms with E-state index in [1.165, 1.54) is 18.4 Å². The van der Waals surface area contributed by atoms with Crippen molar-refractivity contribution in [3.05, 3.63) is 40.0 Å². The van der Waals surface area contributed by atoms with Crippen molar-refractivity contribution in [3.8, 4) is 0 Å². The Hall–Kier alpha value is -2.81. The van der Waals surface area contributed by atoms with Crippen LogP contribution in [0.25, 0.3) is 15.9 Å². The molecule has 4 aromatic heterocycles. The number of nitrogens with zero attached hydrogens (tertiary/aromatic N) is 6. The van der Waals surface area contributed by atoms with Crippen molar-refractivity contribution >= 4 is 33.2 Å². The second kappa shape index (κ2) is 5.62. The number of aromatic nitrogens is 6. The number of ether oxygens (including phenoxy) is 1. The molecular weight excluding hydrogens is 340 g/mol. The van der Waals surface area contributed by atoms with E-state index in [0.29, 0.717) is 22.9 Å². The van der Waals surface area contributed by atoms with E-state index in [1.54, 1.807) is 10.8 Å². The molecule has 0 unspecified atom stereocenters. The maximum Gasteiger partial charge on any atom is 0.348 e. The monoisotopic (exact) mass is 356 g/mol. The van der Waals surface area contributed by atoms with Gasteiger partial charge in [-0.25, -0.2) is 19.3 Å². The van der Waals surface area contributed by atoms with Crippen molar-refractivity contribution in [1.29, 1.82) is 0 Å². The van der Waals surface area contributed by atoms with E-state index >= 15 is 0 Å². The molecule has 0 aromatic carbocycles. The summed E-state index contributed by atoms with van der Waals surface area (Å²) in [6, 6.07) is 2.02. The maximum atomic E-state index is 11.9. The van der Waals surface area contributed by atoms with Crippen LogP contribution in [0.3, 0.4) is 0 Å². The summed E-state index contributed by atoms with van der Waals surface area (Å²) < 4.78 is 8.36. The summed E-state index contributed by atoms with van der Waals surface area (Å²) in [6.07, 6.45) is 1.62. The maximum absolute atomic E-state index is 11.9. The lowest BCUT2D eigenvalue weighted by atomic mass is 10.2. The Morgan fingerprint density at radius 3 is 2.76 bits per heavy atom. The number of esters is 1. The van der Waals surface area contributed by atoms with E-state index in [1.807, 2.05) is 31.5 Å². The number of thiophene rings is 1. The van der Waals surface area contributed by atoms with Gasteiger partial charge >= 0.3 is 5.97 Å². The Labute approximate surface area is 147 Å². The third-order valence-electron chi connectivity index (χ3n) is 4.08. The van der Waals surface area contributed by atoms with Gasteiger partial charge in [0.05, 0.1) is 18.2 Å². The Kier molecular flexibility index (Phi) is 3.53. The summed E-state index contributed by atoms with van der Waals surface area (Å²) in [5, 5.41) is 9.77. The highest BCUT2D eigenvalue weighted by atomic mass is 32.1. The Balaban J connectivity index is 1.85. The van der Waals surface area contributed by atoms with Crippen LogP contribution in [0.2, 0.25) is 0 Å². The summed E-state index contributed by atoms with van der Waals surface area (Å²) in [4.78, 5) is 22.3. The van der Waals surface area contributed by atoms with E-state index in [-0.39, 0.29) is 5.97 Å². The molecule has 4 aromatic rings. The number of rotatable bonds is 3. The van der Waals surface area contributed by atoms with Gasteiger partial charge in [0.25, 0.3) is 0 Å². The number of aryl methyl sites for hydroxylation is 3. The first-order valence-corrected chi connectivity index (χ1v) is 8.52. The number of hydrogen-bond acceptors (Lipinski definition) is 7. The number of hydrogen-bond donors (Lipinski definition) is 0. The molecule has 0 saturated carbocycles. The van der Waals surface area contributed by atoms with Crippen molar-refractivity contribution in [1.82, 2.24) is 29.4 Å². The van der Waals surface area contributed by atoms with E-state index in [4.69, 9.17) is 4.74 Å². The summed E-state index contributed by atoms with van der Waals surface area (Å²) in [7, 11) is 1.37. The van der Waals surface area contributed by atoms with E-state index in [9.17, 15) is 4.79 Å². The second-order valence-electron chi connectivity index (χ2n) is 5.85. The quantitative estimate of drug-likeness (QED) is 0.524. The predicted molar refractivity (Wildman–Crippen MR) is 93.0 cm³/mol. The number of carbonyl (C=O) groups excluding carboxylic acids is 1. The summed E-state index contributed by atoms with van der Waals surface area (Å²) in [5.41, 5.74) is 3.52. The highest BCUT2D eigenvalue weighted by Gasteiger charge is 2.20. The van der Waals surface area contributed by atoms with Crippen LogP contribution >= 0.6 is 11.3 Å². The molecule has 0 bridgehead atoms. The Bertz CT molecular complexity index is 1120. The summed E-state index contributed by atoms with van der Waals surface area (Å²) in [6.45, 7) is 6.32. The average Bonchev–Trinajstić information content (AvgIpc) is 3.22. The molecule has 0 fully saturated rings. The lowest BCUT2D eigenvalue weighted by molar-refractivity contribution is 0.0605. The van der Waals surface area contributed by atoms with Gasteiger partial charge in [-0.2, -0.15) is 5.10 Å². The zero-order chi connectivity index (χ0) is 17.7. The molecule has 0 spiro atoms. The lowest BCUT2D eigenvalue weighted by Gasteiger charge is -1.99. The van der Waals surface area contributed by atoms with Gasteiger partial charge in [0.1, 0.15) is 22.6 Å². The van der Waals surface area contributed by atoms with Gasteiger partial charge in [0, 0.05) is 5.69 Å². The largest absolute Gasteiger partial charge is 0.465 e. The normalized spacial score (nSPS) is 11.5. The molecular formula is C16H16N6O2S. The number of methoxy groups -OCH3 is 1. The van der Waals surface area contributed by atoms with E-state index in [2.05, 4.69) is 20.2 Å². The van der Waals surface area contributed by atoms with Crippen molar-refractivity contribution in [2.45, 2.75) is 27.3 Å². The minimum Gasteiger partial charge on any atom is -0.465 e. The molecule has 4 heterocycles. The van der Waals surface area contributed by atoms with Crippen LogP contribution in [0.15, 0.2) is 12.4 Å². The fraction of sp³-hybridized carbons (Fsp3) is 0.312. The third-order valence-corrected chi connectivity index (χ3v) is 5.26. The molecule has 0 aliphatic rings. The van der Waals surface area contributed by atoms with Gasteiger partial charge in [0.15, 0.2) is 11.5 Å². The van der Waals surface area contributed by atoms with Crippen molar-refractivity contribution in [2.24, 2.45) is 0 Å². The zero-order valence-corrected chi connectivity index (χ0v) is 15.1. The smallest absolute Gasteiger partial charge is 0.348 e. The average molecular weight is 356 g/mol. The fourth-order valence-electron chi connectivity index (χ4n) is 2.90. The van der Waals surface area contributed by atoms with Gasteiger partial charge in [-0.3, -0.25) is 4.68 Å². The first-order chi connectivity index (χ1) is 12.0. The van der Waals surface area contributed by atoms with Crippen LogP contribution in [0, 0.1) is 20.8 Å². The van der Waals surface area contributed by atoms with Crippen LogP contribution in [-0.2, 0) is 11.3 Å². The Morgan fingerprint density at radius 2 is 2.08 bits per heavy atom. The fourth-order valence-corrected chi connectivity index (χ4v) is 3.96. The molecule has 0 aliphatic carbocycles. The van der Waals surface area contributed by atoms with Crippen LogP contribution in [0.5, 0.6) is 0 Å². The number of fused-ring (bicyclic) bond motifs is 3.